The van der Waals surface area contributed by atoms with E-state index >= 15 is 8.42 Å². The maximum absolute atomic E-state index is 15.1. The van der Waals surface area contributed by atoms with Gasteiger partial charge in [-0.05, 0) is 148 Å². The number of halogens is 1. The van der Waals surface area contributed by atoms with E-state index in [9.17, 15) is 14.9 Å². The van der Waals surface area contributed by atoms with Crippen LogP contribution >= 0.6 is 11.6 Å². The summed E-state index contributed by atoms with van der Waals surface area (Å²) >= 11 is 6.86. The molecule has 5 aliphatic heterocycles. The first-order valence-electron chi connectivity index (χ1n) is 31.1. The highest BCUT2D eigenvalue weighted by atomic mass is 35.5. The second-order valence-electron chi connectivity index (χ2n) is 25.1. The van der Waals surface area contributed by atoms with Gasteiger partial charge < -0.3 is 49.1 Å². The molecule has 86 heavy (non-hydrogen) atoms. The minimum absolute atomic E-state index is 0.00735. The van der Waals surface area contributed by atoms with E-state index in [0.29, 0.717) is 98.1 Å². The highest BCUT2D eigenvalue weighted by Crippen LogP contribution is 2.44. The molecule has 3 aromatic carbocycles. The summed E-state index contributed by atoms with van der Waals surface area (Å²) in [4.78, 5) is 65.3. The molecule has 1 saturated carbocycles. The lowest BCUT2D eigenvalue weighted by molar-refractivity contribution is -0.120. The molecular weight excluding hydrogens is 1130 g/mol. The quantitative estimate of drug-likeness (QED) is 0.0780. The highest BCUT2D eigenvalue weighted by molar-refractivity contribution is 7.92. The SMILES string of the molecule is CC[C@@H]1C(=O)N(C)c2cnc(N(CC(C)(C)S(=O)(=O)CCCN3CCN(c4nc(OC[C@@H]5CCCN5C)nc5c4CCN(c4cccc6cccc(Cl)c46)C5)C[C@@H]3CC#N)c3ccc(C(=O)NC4CCN(C)CC4)cc3OC)nc2N1C1CCCC1. The summed E-state index contributed by atoms with van der Waals surface area (Å²) in [5, 5.41) is 16.3. The van der Waals surface area contributed by atoms with Crippen LogP contribution in [0.15, 0.2) is 60.8 Å². The Morgan fingerprint density at radius 1 is 0.895 bits per heavy atom. The van der Waals surface area contributed by atoms with Gasteiger partial charge in [0.2, 0.25) is 11.9 Å². The zero-order valence-corrected chi connectivity index (χ0v) is 52.8. The maximum Gasteiger partial charge on any atom is 0.318 e. The van der Waals surface area contributed by atoms with Crippen molar-refractivity contribution in [2.75, 3.05) is 124 Å². The van der Waals surface area contributed by atoms with Crippen molar-refractivity contribution in [3.8, 4) is 17.8 Å². The van der Waals surface area contributed by atoms with Gasteiger partial charge in [-0.25, -0.2) is 13.4 Å². The molecule has 2 amide bonds. The summed E-state index contributed by atoms with van der Waals surface area (Å²) in [6, 6.07) is 20.2. The minimum atomic E-state index is -3.87. The van der Waals surface area contributed by atoms with E-state index < -0.39 is 20.6 Å². The number of benzene rings is 3. The Morgan fingerprint density at radius 3 is 2.41 bits per heavy atom. The first kappa shape index (κ1) is 61.1. The van der Waals surface area contributed by atoms with Crippen LogP contribution in [0.3, 0.4) is 0 Å². The summed E-state index contributed by atoms with van der Waals surface area (Å²) in [6.45, 7) is 12.3. The number of anilines is 6. The minimum Gasteiger partial charge on any atom is -0.495 e. The zero-order chi connectivity index (χ0) is 60.4. The van der Waals surface area contributed by atoms with Crippen molar-refractivity contribution in [3.63, 3.8) is 0 Å². The number of hydrogen-bond donors (Lipinski definition) is 1. The van der Waals surface area contributed by atoms with Crippen LogP contribution in [0.5, 0.6) is 11.8 Å². The van der Waals surface area contributed by atoms with Gasteiger partial charge in [0.15, 0.2) is 15.7 Å². The molecule has 0 spiro atoms. The van der Waals surface area contributed by atoms with Gasteiger partial charge in [0.05, 0.1) is 59.2 Å². The lowest BCUT2D eigenvalue weighted by atomic mass is 10.0. The average molecular weight is 1210 g/mol. The van der Waals surface area contributed by atoms with E-state index in [1.807, 2.05) is 19.1 Å². The summed E-state index contributed by atoms with van der Waals surface area (Å²) in [7, 11) is 3.65. The number of hydrogen-bond acceptors (Lipinski definition) is 18. The molecule has 22 heteroatoms. The van der Waals surface area contributed by atoms with Crippen molar-refractivity contribution < 1.29 is 27.5 Å². The number of methoxy groups -OCH3 is 1. The maximum atomic E-state index is 15.1. The number of amides is 2. The predicted octanol–water partition coefficient (Wildman–Crippen LogP) is 8.27. The number of fused-ring (bicyclic) bond motifs is 3. The fraction of sp³-hybridized carbons (Fsp3) is 0.578. The topological polar surface area (TPSA) is 200 Å². The Kier molecular flexibility index (Phi) is 18.5. The number of sulfone groups is 1. The van der Waals surface area contributed by atoms with Crippen molar-refractivity contribution in [2.45, 2.75) is 139 Å². The number of nitriles is 1. The normalized spacial score (nSPS) is 21.2. The van der Waals surface area contributed by atoms with Crippen molar-refractivity contribution in [1.29, 1.82) is 5.26 Å². The smallest absolute Gasteiger partial charge is 0.318 e. The number of likely N-dealkylation sites (tertiary alicyclic amines) is 2. The molecule has 0 bridgehead atoms. The van der Waals surface area contributed by atoms with E-state index in [0.717, 1.165) is 111 Å². The Hall–Kier alpha value is -6.57. The molecule has 3 saturated heterocycles. The fourth-order valence-electron chi connectivity index (χ4n) is 13.9. The standard InChI is InChI=1S/C64H85ClN14O6S/c1-8-52-61(81)74(6)55-38-67-62(70-59(55)79(52)46-17-9-10-18-46)78(53-23-22-44(37-56(53)84-7)60(80)68-45-25-31-72(4)32-26-45)42-64(2,3)86(82,83)36-14-30-75-34-35-77(39-47(75)24-28-66)58-49-27-33-76(54-21-12-16-43-15-11-20-50(65)57(43)54)40-51(49)69-63(71-58)85-41-48-19-13-29-73(48)5/h11-12,15-16,20-23,37-38,45-48,52H,8-10,13-14,17-19,24-27,29-36,39-42H2,1-7H3,(H,68,80)/t47-,48-,52+/m0/s1. The number of carbonyl (C=O) groups is 2. The summed E-state index contributed by atoms with van der Waals surface area (Å²) in [5.74, 6) is 1.76. The van der Waals surface area contributed by atoms with E-state index in [1.165, 1.54) is 0 Å². The van der Waals surface area contributed by atoms with Gasteiger partial charge in [0, 0.05) is 86.1 Å². The molecule has 3 atom stereocenters. The number of nitrogens with zero attached hydrogens (tertiary/aromatic N) is 13. The second-order valence-corrected chi connectivity index (χ2v) is 28.3. The first-order valence-corrected chi connectivity index (χ1v) is 33.1. The number of nitrogens with one attached hydrogen (secondary N) is 1. The van der Waals surface area contributed by atoms with Gasteiger partial charge >= 0.3 is 6.01 Å². The number of rotatable bonds is 20. The molecule has 0 unspecified atom stereocenters. The Bertz CT molecular complexity index is 3440. The molecule has 20 nitrogen and oxygen atoms in total. The number of piperidine rings is 1. The zero-order valence-electron chi connectivity index (χ0n) is 51.2. The van der Waals surface area contributed by atoms with Crippen LogP contribution in [0.2, 0.25) is 5.02 Å². The molecule has 2 aromatic heterocycles. The number of aromatic nitrogens is 4. The number of likely N-dealkylation sites (N-methyl/N-ethyl adjacent to an activating group) is 2. The molecule has 0 radical (unpaired) electrons. The molecule has 11 rings (SSSR count). The first-order chi connectivity index (χ1) is 41.4. The number of piperazine rings is 1. The summed E-state index contributed by atoms with van der Waals surface area (Å²) in [6.07, 6.45) is 11.4. The van der Waals surface area contributed by atoms with Crippen molar-refractivity contribution >= 4 is 78.7 Å². The fourth-order valence-corrected chi connectivity index (χ4v) is 15.6. The van der Waals surface area contributed by atoms with Crippen molar-refractivity contribution in [2.24, 2.45) is 0 Å². The molecule has 7 heterocycles. The third-order valence-electron chi connectivity index (χ3n) is 19.2. The predicted molar refractivity (Wildman–Crippen MR) is 339 cm³/mol. The lowest BCUT2D eigenvalue weighted by Crippen LogP contribution is -2.55. The van der Waals surface area contributed by atoms with E-state index in [1.54, 1.807) is 62.2 Å². The lowest BCUT2D eigenvalue weighted by Gasteiger charge is -2.44. The van der Waals surface area contributed by atoms with Crippen LogP contribution in [-0.2, 0) is 27.6 Å². The van der Waals surface area contributed by atoms with Gasteiger partial charge in [-0.1, -0.05) is 55.6 Å². The van der Waals surface area contributed by atoms with Gasteiger partial charge in [0.25, 0.3) is 5.91 Å². The average Bonchev–Trinajstić information content (AvgIpc) is 1.10. The highest BCUT2D eigenvalue weighted by Gasteiger charge is 2.44. The molecule has 1 aliphatic carbocycles. The van der Waals surface area contributed by atoms with Crippen molar-refractivity contribution in [3.05, 3.63) is 82.6 Å². The van der Waals surface area contributed by atoms with Crippen LogP contribution in [0, 0.1) is 11.3 Å². The third-order valence-corrected chi connectivity index (χ3v) is 22.1. The molecule has 1 N–H and O–H groups in total. The van der Waals surface area contributed by atoms with E-state index in [4.69, 9.17) is 41.0 Å². The van der Waals surface area contributed by atoms with Gasteiger partial charge in [0.1, 0.15) is 29.9 Å². The molecule has 5 aromatic rings. The number of ether oxygens (including phenoxy) is 2. The number of carbonyl (C=O) groups excluding carboxylic acids is 2. The Morgan fingerprint density at radius 2 is 1.67 bits per heavy atom. The molecule has 460 valence electrons. The van der Waals surface area contributed by atoms with Crippen molar-refractivity contribution in [1.82, 2.24) is 40.0 Å². The Labute approximate surface area is 512 Å². The van der Waals surface area contributed by atoms with Gasteiger partial charge in [-0.15, -0.1) is 0 Å². The van der Waals surface area contributed by atoms with E-state index in [2.05, 4.69) is 79.1 Å². The monoisotopic (exact) mass is 1210 g/mol. The largest absolute Gasteiger partial charge is 0.495 e. The van der Waals surface area contributed by atoms with Crippen LogP contribution in [0.1, 0.15) is 113 Å². The van der Waals surface area contributed by atoms with Crippen LogP contribution in [0.4, 0.5) is 34.6 Å². The van der Waals surface area contributed by atoms with Crippen LogP contribution in [-0.4, -0.2) is 189 Å². The Balaban J connectivity index is 0.832. The second kappa shape index (κ2) is 26.0. The van der Waals surface area contributed by atoms with Gasteiger partial charge in [-0.2, -0.15) is 20.2 Å². The molecular formula is C64H85ClN14O6S. The third kappa shape index (κ3) is 12.6. The summed E-state index contributed by atoms with van der Waals surface area (Å²) in [5.41, 5.74) is 4.56. The van der Waals surface area contributed by atoms with Crippen LogP contribution < -0.4 is 39.3 Å². The summed E-state index contributed by atoms with van der Waals surface area (Å²) < 4.78 is 41.3. The molecule has 6 aliphatic rings. The van der Waals surface area contributed by atoms with Crippen LogP contribution in [0.25, 0.3) is 10.8 Å². The molecule has 4 fully saturated rings. The van der Waals surface area contributed by atoms with E-state index in [-0.39, 0.29) is 60.6 Å². The van der Waals surface area contributed by atoms with Gasteiger partial charge in [-0.3, -0.25) is 14.5 Å².